The van der Waals surface area contributed by atoms with Crippen LogP contribution in [-0.4, -0.2) is 29.7 Å². The number of carbonyl (C=O) groups excluding carboxylic acids is 2. The van der Waals surface area contributed by atoms with Gasteiger partial charge in [0.25, 0.3) is 5.78 Å². The van der Waals surface area contributed by atoms with Crippen molar-refractivity contribution < 1.29 is 19.5 Å². The number of nitrogens with one attached hydrogen (secondary N) is 1. The summed E-state index contributed by atoms with van der Waals surface area (Å²) in [6.45, 7) is 1.62. The Balaban J connectivity index is 3.11. The average Bonchev–Trinajstić information content (AvgIpc) is 2.39. The molecule has 2 N–H and O–H groups in total. The zero-order chi connectivity index (χ0) is 13.7. The van der Waals surface area contributed by atoms with Gasteiger partial charge in [0.05, 0.1) is 5.92 Å². The minimum atomic E-state index is -1.57. The molecule has 0 aliphatic heterocycles. The SMILES string of the molecule is CCC(C(=O)C(=O)O)C(=O)c1ccccc1NC. The Morgan fingerprint density at radius 1 is 1.28 bits per heavy atom. The number of carbonyl (C=O) groups is 3. The van der Waals surface area contributed by atoms with Gasteiger partial charge < -0.3 is 10.4 Å². The zero-order valence-electron chi connectivity index (χ0n) is 10.3. The van der Waals surface area contributed by atoms with Crippen LogP contribution in [0.15, 0.2) is 24.3 Å². The van der Waals surface area contributed by atoms with E-state index in [0.717, 1.165) is 0 Å². The van der Waals surface area contributed by atoms with Crippen molar-refractivity contribution in [2.45, 2.75) is 13.3 Å². The molecule has 1 unspecified atom stereocenters. The highest BCUT2D eigenvalue weighted by molar-refractivity contribution is 6.39. The molecule has 0 radical (unpaired) electrons. The maximum atomic E-state index is 12.2. The number of para-hydroxylation sites is 1. The largest absolute Gasteiger partial charge is 0.475 e. The number of ketones is 2. The number of hydrogen-bond acceptors (Lipinski definition) is 4. The van der Waals surface area contributed by atoms with Gasteiger partial charge in [-0.25, -0.2) is 4.79 Å². The van der Waals surface area contributed by atoms with Gasteiger partial charge in [-0.2, -0.15) is 0 Å². The first kappa shape index (κ1) is 13.9. The first-order valence-corrected chi connectivity index (χ1v) is 5.61. The molecule has 1 aromatic rings. The molecule has 0 aliphatic carbocycles. The normalized spacial score (nSPS) is 11.7. The summed E-state index contributed by atoms with van der Waals surface area (Å²) in [6, 6.07) is 6.70. The van der Waals surface area contributed by atoms with Crippen LogP contribution in [0, 0.1) is 5.92 Å². The number of hydrogen-bond donors (Lipinski definition) is 2. The highest BCUT2D eigenvalue weighted by Crippen LogP contribution is 2.20. The predicted octanol–water partition coefficient (Wildman–Crippen LogP) is 1.59. The van der Waals surface area contributed by atoms with Crippen molar-refractivity contribution in [1.82, 2.24) is 0 Å². The van der Waals surface area contributed by atoms with E-state index in [2.05, 4.69) is 5.32 Å². The number of anilines is 1. The Bertz CT molecular complexity index is 482. The molecule has 0 heterocycles. The zero-order valence-corrected chi connectivity index (χ0v) is 10.3. The Kier molecular flexibility index (Phi) is 4.59. The molecule has 5 nitrogen and oxygen atoms in total. The maximum absolute atomic E-state index is 12.2. The fourth-order valence-corrected chi connectivity index (χ4v) is 1.74. The highest BCUT2D eigenvalue weighted by atomic mass is 16.4. The van der Waals surface area contributed by atoms with E-state index in [1.165, 1.54) is 0 Å². The van der Waals surface area contributed by atoms with Gasteiger partial charge in [0.2, 0.25) is 0 Å². The second kappa shape index (κ2) is 5.95. The van der Waals surface area contributed by atoms with E-state index >= 15 is 0 Å². The monoisotopic (exact) mass is 249 g/mol. The Hall–Kier alpha value is -2.17. The summed E-state index contributed by atoms with van der Waals surface area (Å²) in [5.41, 5.74) is 0.917. The van der Waals surface area contributed by atoms with E-state index in [1.807, 2.05) is 0 Å². The fraction of sp³-hybridized carbons (Fsp3) is 0.308. The first-order chi connectivity index (χ1) is 8.52. The predicted molar refractivity (Wildman–Crippen MR) is 66.7 cm³/mol. The van der Waals surface area contributed by atoms with Crippen molar-refractivity contribution in [3.05, 3.63) is 29.8 Å². The molecule has 1 atom stereocenters. The van der Waals surface area contributed by atoms with Crippen LogP contribution in [0.4, 0.5) is 5.69 Å². The summed E-state index contributed by atoms with van der Waals surface area (Å²) < 4.78 is 0. The van der Waals surface area contributed by atoms with E-state index in [9.17, 15) is 14.4 Å². The third kappa shape index (κ3) is 2.74. The molecule has 1 aromatic carbocycles. The van der Waals surface area contributed by atoms with Gasteiger partial charge in [-0.1, -0.05) is 19.1 Å². The van der Waals surface area contributed by atoms with Crippen LogP contribution in [-0.2, 0) is 9.59 Å². The lowest BCUT2D eigenvalue weighted by Crippen LogP contribution is -2.30. The minimum Gasteiger partial charge on any atom is -0.475 e. The van der Waals surface area contributed by atoms with Crippen LogP contribution in [0.3, 0.4) is 0 Å². The maximum Gasteiger partial charge on any atom is 0.372 e. The molecular weight excluding hydrogens is 234 g/mol. The van der Waals surface area contributed by atoms with E-state index in [4.69, 9.17) is 5.11 Å². The number of carboxylic acids is 1. The van der Waals surface area contributed by atoms with Crippen LogP contribution in [0.2, 0.25) is 0 Å². The van der Waals surface area contributed by atoms with Crippen LogP contribution in [0.1, 0.15) is 23.7 Å². The first-order valence-electron chi connectivity index (χ1n) is 5.61. The van der Waals surface area contributed by atoms with Gasteiger partial charge in [-0.3, -0.25) is 9.59 Å². The third-order valence-corrected chi connectivity index (χ3v) is 2.71. The number of carboxylic acid groups (broad SMARTS) is 1. The molecule has 0 aliphatic rings. The van der Waals surface area contributed by atoms with Crippen molar-refractivity contribution >= 4 is 23.2 Å². The molecule has 0 saturated carbocycles. The topological polar surface area (TPSA) is 83.5 Å². The smallest absolute Gasteiger partial charge is 0.372 e. The molecule has 1 rings (SSSR count). The van der Waals surface area contributed by atoms with Crippen molar-refractivity contribution in [1.29, 1.82) is 0 Å². The Morgan fingerprint density at radius 2 is 1.89 bits per heavy atom. The lowest BCUT2D eigenvalue weighted by atomic mass is 9.90. The molecule has 0 fully saturated rings. The van der Waals surface area contributed by atoms with Crippen molar-refractivity contribution in [2.75, 3.05) is 12.4 Å². The standard InChI is InChI=1S/C13H15NO4/c1-3-8(12(16)13(17)18)11(15)9-6-4-5-7-10(9)14-2/h4-8,14H,3H2,1-2H3,(H,17,18). The van der Waals surface area contributed by atoms with Crippen molar-refractivity contribution in [3.8, 4) is 0 Å². The van der Waals surface area contributed by atoms with Gasteiger partial charge >= 0.3 is 5.97 Å². The average molecular weight is 249 g/mol. The molecule has 5 heteroatoms. The molecule has 0 amide bonds. The summed E-state index contributed by atoms with van der Waals surface area (Å²) in [6.07, 6.45) is 0.169. The van der Waals surface area contributed by atoms with Gasteiger partial charge in [-0.05, 0) is 18.6 Å². The highest BCUT2D eigenvalue weighted by Gasteiger charge is 2.31. The minimum absolute atomic E-state index is 0.169. The summed E-state index contributed by atoms with van der Waals surface area (Å²) in [4.78, 5) is 34.3. The number of benzene rings is 1. The lowest BCUT2D eigenvalue weighted by molar-refractivity contribution is -0.150. The Labute approximate surface area is 105 Å². The second-order valence-electron chi connectivity index (χ2n) is 3.79. The van der Waals surface area contributed by atoms with Crippen LogP contribution < -0.4 is 5.32 Å². The molecule has 18 heavy (non-hydrogen) atoms. The van der Waals surface area contributed by atoms with Crippen molar-refractivity contribution in [2.24, 2.45) is 5.92 Å². The second-order valence-corrected chi connectivity index (χ2v) is 3.79. The lowest BCUT2D eigenvalue weighted by Gasteiger charge is -2.13. The number of aliphatic carboxylic acids is 1. The van der Waals surface area contributed by atoms with Crippen LogP contribution in [0.5, 0.6) is 0 Å². The fourth-order valence-electron chi connectivity index (χ4n) is 1.74. The van der Waals surface area contributed by atoms with Gasteiger partial charge in [0, 0.05) is 18.3 Å². The third-order valence-electron chi connectivity index (χ3n) is 2.71. The summed E-state index contributed by atoms with van der Waals surface area (Å²) in [5, 5.41) is 11.5. The molecule has 0 aromatic heterocycles. The summed E-state index contributed by atoms with van der Waals surface area (Å²) in [7, 11) is 1.66. The van der Waals surface area contributed by atoms with E-state index in [1.54, 1.807) is 38.2 Å². The molecule has 0 saturated heterocycles. The summed E-state index contributed by atoms with van der Waals surface area (Å²) >= 11 is 0. The van der Waals surface area contributed by atoms with Crippen molar-refractivity contribution in [3.63, 3.8) is 0 Å². The van der Waals surface area contributed by atoms with E-state index in [0.29, 0.717) is 11.3 Å². The molecule has 96 valence electrons. The van der Waals surface area contributed by atoms with Gasteiger partial charge in [-0.15, -0.1) is 0 Å². The van der Waals surface area contributed by atoms with Crippen LogP contribution in [0.25, 0.3) is 0 Å². The number of rotatable bonds is 6. The van der Waals surface area contributed by atoms with Gasteiger partial charge in [0.1, 0.15) is 0 Å². The molecule has 0 spiro atoms. The van der Waals surface area contributed by atoms with E-state index < -0.39 is 23.5 Å². The van der Waals surface area contributed by atoms with Gasteiger partial charge in [0.15, 0.2) is 5.78 Å². The number of Topliss-reactive ketones (excluding diaryl/α,β-unsaturated/α-hetero) is 2. The Morgan fingerprint density at radius 3 is 2.39 bits per heavy atom. The summed E-state index contributed by atoms with van der Waals surface area (Å²) in [5.74, 6) is -4.22. The van der Waals surface area contributed by atoms with Crippen LogP contribution >= 0.6 is 0 Å². The van der Waals surface area contributed by atoms with E-state index in [-0.39, 0.29) is 6.42 Å². The molecular formula is C13H15NO4. The quantitative estimate of drug-likeness (QED) is 0.454. The molecule has 0 bridgehead atoms.